The van der Waals surface area contributed by atoms with Crippen LogP contribution in [-0.4, -0.2) is 54.9 Å². The minimum Gasteiger partial charge on any atom is -0.466 e. The van der Waals surface area contributed by atoms with E-state index < -0.39 is 5.97 Å². The first-order valence-electron chi connectivity index (χ1n) is 5.37. The van der Waals surface area contributed by atoms with Crippen LogP contribution in [0, 0.1) is 0 Å². The Balaban J connectivity index is 3.90. The summed E-state index contributed by atoms with van der Waals surface area (Å²) in [5.41, 5.74) is 0. The minimum absolute atomic E-state index is 0.0890. The average molecular weight is 247 g/mol. The molecular weight excluding hydrogens is 226 g/mol. The number of hydrogen-bond donors (Lipinski definition) is 0. The van der Waals surface area contributed by atoms with Crippen molar-refractivity contribution in [2.75, 3.05) is 32.2 Å². The predicted octanol–water partition coefficient (Wildman–Crippen LogP) is 1.19. The van der Waals surface area contributed by atoms with Crippen molar-refractivity contribution in [1.29, 1.82) is 0 Å². The molecule has 0 spiro atoms. The number of Topliss-reactive ketones (excluding diaryl/α,β-unsaturated/α-hetero) is 1. The maximum Gasteiger partial charge on any atom is 0.313 e. The molecule has 0 aromatic rings. The fraction of sp³-hybridized carbons (Fsp3) is 0.818. The second-order valence-corrected chi connectivity index (χ2v) is 4.65. The van der Waals surface area contributed by atoms with Gasteiger partial charge in [-0.1, -0.05) is 0 Å². The molecule has 1 atom stereocenters. The van der Waals surface area contributed by atoms with Gasteiger partial charge in [-0.2, -0.15) is 11.8 Å². The van der Waals surface area contributed by atoms with Gasteiger partial charge in [0.1, 0.15) is 6.42 Å². The van der Waals surface area contributed by atoms with Gasteiger partial charge in [-0.3, -0.25) is 14.5 Å². The van der Waals surface area contributed by atoms with Crippen molar-refractivity contribution in [3.8, 4) is 0 Å². The highest BCUT2D eigenvalue weighted by molar-refractivity contribution is 7.98. The fourth-order valence-corrected chi connectivity index (χ4v) is 1.97. The number of thioether (sulfide) groups is 1. The molecule has 0 saturated heterocycles. The first-order valence-corrected chi connectivity index (χ1v) is 6.77. The molecule has 0 bridgehead atoms. The summed E-state index contributed by atoms with van der Waals surface area (Å²) in [7, 11) is 1.89. The van der Waals surface area contributed by atoms with Gasteiger partial charge in [0.15, 0.2) is 5.78 Å². The molecule has 1 unspecified atom stereocenters. The Kier molecular flexibility index (Phi) is 8.29. The molecule has 5 heteroatoms. The standard InChI is InChI=1S/C11H21NO3S/c1-5-15-11(14)6-10(13)7-12(3)9(2)8-16-4/h9H,5-8H2,1-4H3. The largest absolute Gasteiger partial charge is 0.466 e. The van der Waals surface area contributed by atoms with Crippen molar-refractivity contribution < 1.29 is 14.3 Å². The Labute approximate surface area is 102 Å². The van der Waals surface area contributed by atoms with Crippen LogP contribution in [0.5, 0.6) is 0 Å². The summed E-state index contributed by atoms with van der Waals surface area (Å²) < 4.78 is 4.72. The van der Waals surface area contributed by atoms with Crippen LogP contribution in [-0.2, 0) is 14.3 Å². The topological polar surface area (TPSA) is 46.6 Å². The van der Waals surface area contributed by atoms with Crippen LogP contribution < -0.4 is 0 Å². The highest BCUT2D eigenvalue weighted by Gasteiger charge is 2.15. The molecule has 0 radical (unpaired) electrons. The van der Waals surface area contributed by atoms with Crippen LogP contribution in [0.15, 0.2) is 0 Å². The fourth-order valence-electron chi connectivity index (χ4n) is 1.23. The molecule has 94 valence electrons. The number of hydrogen-bond acceptors (Lipinski definition) is 5. The van der Waals surface area contributed by atoms with Gasteiger partial charge in [-0.15, -0.1) is 0 Å². The van der Waals surface area contributed by atoms with Gasteiger partial charge in [0.2, 0.25) is 0 Å². The number of nitrogens with zero attached hydrogens (tertiary/aromatic N) is 1. The Morgan fingerprint density at radius 2 is 2.06 bits per heavy atom. The molecule has 4 nitrogen and oxygen atoms in total. The van der Waals surface area contributed by atoms with Crippen molar-refractivity contribution in [1.82, 2.24) is 4.90 Å². The zero-order chi connectivity index (χ0) is 12.6. The summed E-state index contributed by atoms with van der Waals surface area (Å²) in [6.45, 7) is 4.43. The zero-order valence-electron chi connectivity index (χ0n) is 10.5. The number of carbonyl (C=O) groups is 2. The monoisotopic (exact) mass is 247 g/mol. The van der Waals surface area contributed by atoms with Crippen LogP contribution in [0.1, 0.15) is 20.3 Å². The number of carbonyl (C=O) groups excluding carboxylic acids is 2. The van der Waals surface area contributed by atoms with Crippen molar-refractivity contribution in [3.63, 3.8) is 0 Å². The molecule has 0 aliphatic carbocycles. The van der Waals surface area contributed by atoms with E-state index in [1.165, 1.54) is 0 Å². The van der Waals surface area contributed by atoms with Crippen molar-refractivity contribution >= 4 is 23.5 Å². The lowest BCUT2D eigenvalue weighted by Crippen LogP contribution is -2.36. The quantitative estimate of drug-likeness (QED) is 0.476. The average Bonchev–Trinajstić information content (AvgIpc) is 2.17. The van der Waals surface area contributed by atoms with Crippen LogP contribution in [0.3, 0.4) is 0 Å². The molecule has 0 rings (SSSR count). The van der Waals surface area contributed by atoms with Crippen molar-refractivity contribution in [2.45, 2.75) is 26.3 Å². The van der Waals surface area contributed by atoms with E-state index in [1.54, 1.807) is 18.7 Å². The lowest BCUT2D eigenvalue weighted by Gasteiger charge is -2.22. The molecule has 0 saturated carbocycles. The van der Waals surface area contributed by atoms with Gasteiger partial charge >= 0.3 is 5.97 Å². The molecule has 0 N–H and O–H groups in total. The molecule has 0 aliphatic heterocycles. The summed E-state index contributed by atoms with van der Waals surface area (Å²) in [4.78, 5) is 24.5. The molecule has 0 amide bonds. The summed E-state index contributed by atoms with van der Waals surface area (Å²) >= 11 is 1.74. The first kappa shape index (κ1) is 15.4. The van der Waals surface area contributed by atoms with Crippen LogP contribution in [0.25, 0.3) is 0 Å². The molecule has 0 fully saturated rings. The van der Waals surface area contributed by atoms with Crippen LogP contribution in [0.2, 0.25) is 0 Å². The summed E-state index contributed by atoms with van der Waals surface area (Å²) in [5, 5.41) is 0. The third-order valence-corrected chi connectivity index (χ3v) is 3.05. The Hall–Kier alpha value is -0.550. The van der Waals surface area contributed by atoms with E-state index >= 15 is 0 Å². The third-order valence-electron chi connectivity index (χ3n) is 2.23. The van der Waals surface area contributed by atoms with E-state index in [0.29, 0.717) is 19.2 Å². The van der Waals surface area contributed by atoms with E-state index in [1.807, 2.05) is 18.2 Å². The van der Waals surface area contributed by atoms with Crippen LogP contribution in [0.4, 0.5) is 0 Å². The van der Waals surface area contributed by atoms with E-state index in [9.17, 15) is 9.59 Å². The number of rotatable bonds is 8. The molecule has 0 aromatic carbocycles. The highest BCUT2D eigenvalue weighted by atomic mass is 32.2. The minimum atomic E-state index is -0.432. The highest BCUT2D eigenvalue weighted by Crippen LogP contribution is 2.04. The van der Waals surface area contributed by atoms with Crippen molar-refractivity contribution in [2.24, 2.45) is 0 Å². The predicted molar refractivity (Wildman–Crippen MR) is 66.7 cm³/mol. The van der Waals surface area contributed by atoms with E-state index in [-0.39, 0.29) is 12.2 Å². The molecule has 16 heavy (non-hydrogen) atoms. The van der Waals surface area contributed by atoms with Gasteiger partial charge in [-0.25, -0.2) is 0 Å². The first-order chi connectivity index (χ1) is 7.51. The van der Waals surface area contributed by atoms with Gasteiger partial charge < -0.3 is 4.74 Å². The third kappa shape index (κ3) is 6.85. The van der Waals surface area contributed by atoms with Gasteiger partial charge in [0.25, 0.3) is 0 Å². The maximum atomic E-state index is 11.5. The summed E-state index contributed by atoms with van der Waals surface area (Å²) in [6.07, 6.45) is 1.91. The molecular formula is C11H21NO3S. The van der Waals surface area contributed by atoms with Crippen LogP contribution >= 0.6 is 11.8 Å². The summed E-state index contributed by atoms with van der Waals surface area (Å²) in [5.74, 6) is 0.454. The number of ketones is 1. The van der Waals surface area contributed by atoms with E-state index in [4.69, 9.17) is 4.74 Å². The van der Waals surface area contributed by atoms with Gasteiger partial charge in [-0.05, 0) is 27.2 Å². The Morgan fingerprint density at radius 3 is 2.56 bits per heavy atom. The van der Waals surface area contributed by atoms with Gasteiger partial charge in [0, 0.05) is 11.8 Å². The SMILES string of the molecule is CCOC(=O)CC(=O)CN(C)C(C)CSC. The Morgan fingerprint density at radius 1 is 1.44 bits per heavy atom. The lowest BCUT2D eigenvalue weighted by atomic mass is 10.2. The molecule has 0 aliphatic rings. The lowest BCUT2D eigenvalue weighted by molar-refractivity contribution is -0.145. The Bertz CT molecular complexity index is 233. The zero-order valence-corrected chi connectivity index (χ0v) is 11.3. The van der Waals surface area contributed by atoms with Crippen molar-refractivity contribution in [3.05, 3.63) is 0 Å². The second-order valence-electron chi connectivity index (χ2n) is 3.74. The second kappa shape index (κ2) is 8.58. The normalized spacial score (nSPS) is 12.6. The smallest absolute Gasteiger partial charge is 0.313 e. The maximum absolute atomic E-state index is 11.5. The molecule has 0 aromatic heterocycles. The number of esters is 1. The van der Waals surface area contributed by atoms with E-state index in [0.717, 1.165) is 5.75 Å². The number of likely N-dealkylation sites (N-methyl/N-ethyl adjacent to an activating group) is 1. The molecule has 0 heterocycles. The van der Waals surface area contributed by atoms with Gasteiger partial charge in [0.05, 0.1) is 13.2 Å². The van der Waals surface area contributed by atoms with E-state index in [2.05, 4.69) is 6.92 Å². The number of ether oxygens (including phenoxy) is 1. The summed E-state index contributed by atoms with van der Waals surface area (Å²) in [6, 6.07) is 0.334.